The van der Waals surface area contributed by atoms with Crippen molar-refractivity contribution in [2.45, 2.75) is 32.9 Å². The Hall–Kier alpha value is -1.62. The fourth-order valence-corrected chi connectivity index (χ4v) is 2.06. The Bertz CT molecular complexity index is 467. The molecule has 0 bridgehead atoms. The highest BCUT2D eigenvalue weighted by atomic mass is 16.5. The van der Waals surface area contributed by atoms with Gasteiger partial charge in [-0.2, -0.15) is 0 Å². The number of hydrogen-bond acceptors (Lipinski definition) is 3. The molecule has 0 spiro atoms. The second-order valence-corrected chi connectivity index (χ2v) is 4.81. The van der Waals surface area contributed by atoms with Crippen LogP contribution in [-0.4, -0.2) is 46.9 Å². The maximum Gasteiger partial charge on any atom is 0.270 e. The van der Waals surface area contributed by atoms with Crippen molar-refractivity contribution < 1.29 is 14.3 Å². The second kappa shape index (κ2) is 4.94. The zero-order chi connectivity index (χ0) is 13.3. The van der Waals surface area contributed by atoms with Crippen LogP contribution < -0.4 is 0 Å². The van der Waals surface area contributed by atoms with Gasteiger partial charge in [-0.1, -0.05) is 0 Å². The van der Waals surface area contributed by atoms with Gasteiger partial charge in [-0.3, -0.25) is 9.59 Å². The summed E-state index contributed by atoms with van der Waals surface area (Å²) in [5.74, 6) is -0.126. The Kier molecular flexibility index (Phi) is 3.52. The first-order valence-electron chi connectivity index (χ1n) is 6.11. The summed E-state index contributed by atoms with van der Waals surface area (Å²) in [5, 5.41) is 0. The molecule has 1 aliphatic rings. The van der Waals surface area contributed by atoms with Gasteiger partial charge in [-0.05, 0) is 26.8 Å². The SMILES string of the molecule is CC(=O)c1c[nH]c(C(=O)N2CC(C)OCC2C)c1. The van der Waals surface area contributed by atoms with E-state index in [1.807, 2.05) is 13.8 Å². The lowest BCUT2D eigenvalue weighted by Gasteiger charge is -2.36. The summed E-state index contributed by atoms with van der Waals surface area (Å²) in [7, 11) is 0. The first kappa shape index (κ1) is 12.8. The third-order valence-corrected chi connectivity index (χ3v) is 3.19. The topological polar surface area (TPSA) is 62.4 Å². The lowest BCUT2D eigenvalue weighted by Crippen LogP contribution is -2.50. The monoisotopic (exact) mass is 250 g/mol. The highest BCUT2D eigenvalue weighted by Crippen LogP contribution is 2.15. The zero-order valence-electron chi connectivity index (χ0n) is 10.9. The van der Waals surface area contributed by atoms with E-state index in [1.165, 1.54) is 6.92 Å². The molecule has 2 atom stereocenters. The minimum atomic E-state index is -0.0786. The van der Waals surface area contributed by atoms with E-state index < -0.39 is 0 Å². The number of ketones is 1. The van der Waals surface area contributed by atoms with Crippen LogP contribution >= 0.6 is 0 Å². The molecule has 5 nitrogen and oxygen atoms in total. The van der Waals surface area contributed by atoms with Crippen molar-refractivity contribution in [1.29, 1.82) is 0 Å². The summed E-state index contributed by atoms with van der Waals surface area (Å²) in [6, 6.07) is 1.66. The Morgan fingerprint density at radius 3 is 2.78 bits per heavy atom. The molecule has 2 heterocycles. The molecule has 2 rings (SSSR count). The van der Waals surface area contributed by atoms with Crippen LogP contribution in [0.1, 0.15) is 41.6 Å². The van der Waals surface area contributed by atoms with Crippen LogP contribution in [0, 0.1) is 0 Å². The number of aromatic amines is 1. The normalized spacial score (nSPS) is 24.1. The first-order chi connectivity index (χ1) is 8.49. The van der Waals surface area contributed by atoms with Gasteiger partial charge in [-0.15, -0.1) is 0 Å². The Balaban J connectivity index is 2.16. The number of nitrogens with zero attached hydrogens (tertiary/aromatic N) is 1. The van der Waals surface area contributed by atoms with Crippen LogP contribution in [0.15, 0.2) is 12.3 Å². The summed E-state index contributed by atoms with van der Waals surface area (Å²) in [6.45, 7) is 6.51. The molecule has 1 saturated heterocycles. The Morgan fingerprint density at radius 1 is 1.44 bits per heavy atom. The van der Waals surface area contributed by atoms with Crippen molar-refractivity contribution in [3.05, 3.63) is 23.5 Å². The number of aromatic nitrogens is 1. The van der Waals surface area contributed by atoms with Gasteiger partial charge >= 0.3 is 0 Å². The lowest BCUT2D eigenvalue weighted by atomic mass is 10.1. The maximum absolute atomic E-state index is 12.3. The second-order valence-electron chi connectivity index (χ2n) is 4.81. The predicted octanol–water partition coefficient (Wildman–Crippen LogP) is 1.47. The molecule has 1 fully saturated rings. The molecule has 5 heteroatoms. The van der Waals surface area contributed by atoms with Gasteiger partial charge in [0.1, 0.15) is 5.69 Å². The van der Waals surface area contributed by atoms with Crippen LogP contribution in [0.2, 0.25) is 0 Å². The summed E-state index contributed by atoms with van der Waals surface area (Å²) < 4.78 is 5.49. The van der Waals surface area contributed by atoms with Gasteiger partial charge in [0.25, 0.3) is 5.91 Å². The van der Waals surface area contributed by atoms with E-state index in [1.54, 1.807) is 17.2 Å². The number of amides is 1. The van der Waals surface area contributed by atoms with E-state index in [9.17, 15) is 9.59 Å². The van der Waals surface area contributed by atoms with Gasteiger partial charge < -0.3 is 14.6 Å². The molecule has 0 aliphatic carbocycles. The van der Waals surface area contributed by atoms with Crippen LogP contribution in [0.5, 0.6) is 0 Å². The lowest BCUT2D eigenvalue weighted by molar-refractivity contribution is -0.0388. The van der Waals surface area contributed by atoms with E-state index in [-0.39, 0.29) is 23.8 Å². The maximum atomic E-state index is 12.3. The van der Waals surface area contributed by atoms with Crippen molar-refractivity contribution in [1.82, 2.24) is 9.88 Å². The molecule has 1 aromatic heterocycles. The van der Waals surface area contributed by atoms with Crippen molar-refractivity contribution >= 4 is 11.7 Å². The number of Topliss-reactive ketones (excluding diaryl/α,β-unsaturated/α-hetero) is 1. The van der Waals surface area contributed by atoms with E-state index in [0.29, 0.717) is 24.4 Å². The fraction of sp³-hybridized carbons (Fsp3) is 0.538. The molecule has 98 valence electrons. The number of morpholine rings is 1. The minimum absolute atomic E-state index is 0.0475. The first-order valence-corrected chi connectivity index (χ1v) is 6.11. The summed E-state index contributed by atoms with van der Waals surface area (Å²) >= 11 is 0. The van der Waals surface area contributed by atoms with Crippen LogP contribution in [0.25, 0.3) is 0 Å². The molecule has 0 radical (unpaired) electrons. The molecule has 1 N–H and O–H groups in total. The third kappa shape index (κ3) is 2.46. The van der Waals surface area contributed by atoms with Crippen LogP contribution in [0.4, 0.5) is 0 Å². The Labute approximate surface area is 106 Å². The largest absolute Gasteiger partial charge is 0.375 e. The fourth-order valence-electron chi connectivity index (χ4n) is 2.06. The van der Waals surface area contributed by atoms with E-state index in [4.69, 9.17) is 4.74 Å². The minimum Gasteiger partial charge on any atom is -0.375 e. The number of carbonyl (C=O) groups excluding carboxylic acids is 2. The Morgan fingerprint density at radius 2 is 2.17 bits per heavy atom. The molecule has 1 aromatic rings. The van der Waals surface area contributed by atoms with Crippen molar-refractivity contribution in [3.8, 4) is 0 Å². The third-order valence-electron chi connectivity index (χ3n) is 3.19. The van der Waals surface area contributed by atoms with Gasteiger partial charge in [0.05, 0.1) is 18.8 Å². The van der Waals surface area contributed by atoms with Gasteiger partial charge in [0, 0.05) is 18.3 Å². The molecule has 18 heavy (non-hydrogen) atoms. The molecule has 1 aliphatic heterocycles. The smallest absolute Gasteiger partial charge is 0.270 e. The number of H-pyrrole nitrogens is 1. The highest BCUT2D eigenvalue weighted by molar-refractivity contribution is 5.99. The predicted molar refractivity (Wildman–Crippen MR) is 66.7 cm³/mol. The van der Waals surface area contributed by atoms with Crippen molar-refractivity contribution in [2.75, 3.05) is 13.2 Å². The zero-order valence-corrected chi connectivity index (χ0v) is 10.9. The van der Waals surface area contributed by atoms with Crippen LogP contribution in [0.3, 0.4) is 0 Å². The summed E-state index contributed by atoms with van der Waals surface area (Å²) in [6.07, 6.45) is 1.62. The average molecular weight is 250 g/mol. The number of nitrogens with one attached hydrogen (secondary N) is 1. The summed E-state index contributed by atoms with van der Waals surface area (Å²) in [4.78, 5) is 28.2. The molecule has 0 aromatic carbocycles. The molecular weight excluding hydrogens is 232 g/mol. The quantitative estimate of drug-likeness (QED) is 0.808. The van der Waals surface area contributed by atoms with E-state index >= 15 is 0 Å². The number of carbonyl (C=O) groups is 2. The number of hydrogen-bond donors (Lipinski definition) is 1. The van der Waals surface area contributed by atoms with Crippen molar-refractivity contribution in [2.24, 2.45) is 0 Å². The van der Waals surface area contributed by atoms with E-state index in [0.717, 1.165) is 0 Å². The van der Waals surface area contributed by atoms with E-state index in [2.05, 4.69) is 4.98 Å². The standard InChI is InChI=1S/C13H18N2O3/c1-8-7-18-9(2)6-15(8)13(17)12-4-11(5-14-12)10(3)16/h4-5,8-9,14H,6-7H2,1-3H3. The molecule has 2 unspecified atom stereocenters. The van der Waals surface area contributed by atoms with Crippen molar-refractivity contribution in [3.63, 3.8) is 0 Å². The average Bonchev–Trinajstić information content (AvgIpc) is 2.81. The van der Waals surface area contributed by atoms with Crippen LogP contribution in [-0.2, 0) is 4.74 Å². The number of ether oxygens (including phenoxy) is 1. The van der Waals surface area contributed by atoms with Gasteiger partial charge in [0.2, 0.25) is 0 Å². The molecule has 0 saturated carbocycles. The highest BCUT2D eigenvalue weighted by Gasteiger charge is 2.29. The number of rotatable bonds is 2. The molecule has 1 amide bonds. The molecular formula is C13H18N2O3. The van der Waals surface area contributed by atoms with Gasteiger partial charge in [-0.25, -0.2) is 0 Å². The summed E-state index contributed by atoms with van der Waals surface area (Å²) in [5.41, 5.74) is 0.994. The van der Waals surface area contributed by atoms with Gasteiger partial charge in [0.15, 0.2) is 5.78 Å².